The van der Waals surface area contributed by atoms with Crippen molar-refractivity contribution in [1.29, 1.82) is 0 Å². The summed E-state index contributed by atoms with van der Waals surface area (Å²) in [6.07, 6.45) is 4.09. The van der Waals surface area contributed by atoms with Gasteiger partial charge in [-0.15, -0.1) is 0 Å². The molecule has 1 aromatic carbocycles. The number of rotatable bonds is 5. The van der Waals surface area contributed by atoms with Crippen molar-refractivity contribution < 1.29 is 13.2 Å². The average Bonchev–Trinajstić information content (AvgIpc) is 2.82. The lowest BCUT2D eigenvalue weighted by Gasteiger charge is -2.33. The fraction of sp³-hybridized carbons (Fsp3) is 0.588. The quantitative estimate of drug-likeness (QED) is 0.836. The van der Waals surface area contributed by atoms with Gasteiger partial charge < -0.3 is 4.90 Å². The van der Waals surface area contributed by atoms with Gasteiger partial charge >= 0.3 is 0 Å². The van der Waals surface area contributed by atoms with Gasteiger partial charge in [0.05, 0.1) is 17.4 Å². The second-order valence-electron chi connectivity index (χ2n) is 6.60. The molecule has 120 valence electrons. The molecule has 2 fully saturated rings. The van der Waals surface area contributed by atoms with E-state index in [-0.39, 0.29) is 23.3 Å². The minimum Gasteiger partial charge on any atom is -0.338 e. The van der Waals surface area contributed by atoms with Gasteiger partial charge in [0, 0.05) is 13.1 Å². The molecule has 0 unspecified atom stereocenters. The van der Waals surface area contributed by atoms with E-state index in [0.29, 0.717) is 18.9 Å². The monoisotopic (exact) mass is 321 g/mol. The summed E-state index contributed by atoms with van der Waals surface area (Å²) in [6.45, 7) is 1.36. The first kappa shape index (κ1) is 15.5. The number of sulfone groups is 1. The maximum Gasteiger partial charge on any atom is 0.227 e. The van der Waals surface area contributed by atoms with Gasteiger partial charge in [-0.25, -0.2) is 8.42 Å². The second kappa shape index (κ2) is 6.41. The highest BCUT2D eigenvalue weighted by Crippen LogP contribution is 2.29. The van der Waals surface area contributed by atoms with Crippen LogP contribution in [0.3, 0.4) is 0 Å². The van der Waals surface area contributed by atoms with E-state index < -0.39 is 9.84 Å². The molecular weight excluding hydrogens is 298 g/mol. The summed E-state index contributed by atoms with van der Waals surface area (Å²) in [5.74, 6) is 0.463. The van der Waals surface area contributed by atoms with E-state index in [0.717, 1.165) is 12.1 Å². The van der Waals surface area contributed by atoms with Crippen LogP contribution in [0.4, 0.5) is 0 Å². The van der Waals surface area contributed by atoms with Crippen LogP contribution in [0.2, 0.25) is 0 Å². The topological polar surface area (TPSA) is 54.5 Å². The highest BCUT2D eigenvalue weighted by atomic mass is 32.2. The van der Waals surface area contributed by atoms with Crippen LogP contribution in [0.25, 0.3) is 0 Å². The van der Waals surface area contributed by atoms with Gasteiger partial charge in [0.25, 0.3) is 0 Å². The minimum absolute atomic E-state index is 0.0248. The fourth-order valence-corrected chi connectivity index (χ4v) is 5.00. The molecule has 2 aliphatic rings. The van der Waals surface area contributed by atoms with Crippen LogP contribution in [0, 0.1) is 11.8 Å². The molecule has 4 nitrogen and oxygen atoms in total. The molecule has 1 aromatic rings. The Morgan fingerprint density at radius 3 is 2.41 bits per heavy atom. The number of nitrogens with zero attached hydrogens (tertiary/aromatic N) is 1. The molecule has 1 amide bonds. The van der Waals surface area contributed by atoms with Gasteiger partial charge in [-0.3, -0.25) is 4.79 Å². The molecule has 0 radical (unpaired) electrons. The Morgan fingerprint density at radius 2 is 1.86 bits per heavy atom. The Bertz CT molecular complexity index is 623. The summed E-state index contributed by atoms with van der Waals surface area (Å²) >= 11 is 0. The zero-order valence-corrected chi connectivity index (χ0v) is 13.6. The number of hydrogen-bond acceptors (Lipinski definition) is 3. The molecule has 1 aliphatic heterocycles. The summed E-state index contributed by atoms with van der Waals surface area (Å²) in [6, 6.07) is 9.95. The van der Waals surface area contributed by atoms with Gasteiger partial charge in [0.15, 0.2) is 9.84 Å². The van der Waals surface area contributed by atoms with Crippen molar-refractivity contribution in [2.75, 3.05) is 18.1 Å². The predicted octanol–water partition coefficient (Wildman–Crippen LogP) is 2.25. The van der Waals surface area contributed by atoms with Gasteiger partial charge in [-0.1, -0.05) is 36.8 Å². The van der Waals surface area contributed by atoms with E-state index in [4.69, 9.17) is 0 Å². The molecule has 1 atom stereocenters. The lowest BCUT2D eigenvalue weighted by atomic mass is 9.85. The Hall–Kier alpha value is -1.36. The maximum atomic E-state index is 12.8. The zero-order chi connectivity index (χ0) is 15.6. The SMILES string of the molecule is O=C([C@@H]1CCS(=O)(=O)C1)N(Cc1ccccc1)CC1CCC1. The summed E-state index contributed by atoms with van der Waals surface area (Å²) in [5.41, 5.74) is 1.11. The van der Waals surface area contributed by atoms with Crippen LogP contribution >= 0.6 is 0 Å². The van der Waals surface area contributed by atoms with Crippen molar-refractivity contribution in [1.82, 2.24) is 4.90 Å². The maximum absolute atomic E-state index is 12.8. The summed E-state index contributed by atoms with van der Waals surface area (Å²) in [4.78, 5) is 14.7. The molecule has 1 saturated heterocycles. The third-order valence-electron chi connectivity index (χ3n) is 4.81. The summed E-state index contributed by atoms with van der Waals surface area (Å²) in [7, 11) is -3.01. The second-order valence-corrected chi connectivity index (χ2v) is 8.83. The van der Waals surface area contributed by atoms with Crippen molar-refractivity contribution in [3.63, 3.8) is 0 Å². The Kier molecular flexibility index (Phi) is 4.52. The Morgan fingerprint density at radius 1 is 1.14 bits per heavy atom. The first-order valence-electron chi connectivity index (χ1n) is 8.07. The first-order valence-corrected chi connectivity index (χ1v) is 9.89. The molecular formula is C17H23NO3S. The standard InChI is InChI=1S/C17H23NO3S/c19-17(16-9-10-22(20,21)13-16)18(12-15-7-4-8-15)11-14-5-2-1-3-6-14/h1-3,5-6,15-16H,4,7-13H2/t16-/m1/s1. The van der Waals surface area contributed by atoms with Crippen LogP contribution in [0.1, 0.15) is 31.2 Å². The lowest BCUT2D eigenvalue weighted by Crippen LogP contribution is -2.40. The van der Waals surface area contributed by atoms with Gasteiger partial charge in [0.2, 0.25) is 5.91 Å². The van der Waals surface area contributed by atoms with E-state index in [2.05, 4.69) is 0 Å². The Balaban J connectivity index is 1.71. The van der Waals surface area contributed by atoms with Gasteiger partial charge in [-0.2, -0.15) is 0 Å². The molecule has 22 heavy (non-hydrogen) atoms. The van der Waals surface area contributed by atoms with Gasteiger partial charge in [-0.05, 0) is 30.7 Å². The zero-order valence-electron chi connectivity index (χ0n) is 12.8. The number of benzene rings is 1. The highest BCUT2D eigenvalue weighted by Gasteiger charge is 2.36. The molecule has 1 saturated carbocycles. The van der Waals surface area contributed by atoms with E-state index in [1.807, 2.05) is 35.2 Å². The average molecular weight is 321 g/mol. The normalized spacial score (nSPS) is 23.9. The van der Waals surface area contributed by atoms with Crippen molar-refractivity contribution in [2.24, 2.45) is 11.8 Å². The Labute approximate surface area is 132 Å². The summed E-state index contributed by atoms with van der Waals surface area (Å²) in [5, 5.41) is 0. The number of carbonyl (C=O) groups excluding carboxylic acids is 1. The number of amides is 1. The van der Waals surface area contributed by atoms with Crippen LogP contribution in [0.5, 0.6) is 0 Å². The summed E-state index contributed by atoms with van der Waals surface area (Å²) < 4.78 is 23.3. The molecule has 1 heterocycles. The predicted molar refractivity (Wildman–Crippen MR) is 86.0 cm³/mol. The van der Waals surface area contributed by atoms with Crippen molar-refractivity contribution >= 4 is 15.7 Å². The van der Waals surface area contributed by atoms with Crippen LogP contribution in [-0.2, 0) is 21.2 Å². The molecule has 0 aromatic heterocycles. The molecule has 0 spiro atoms. The van der Waals surface area contributed by atoms with E-state index >= 15 is 0 Å². The van der Waals surface area contributed by atoms with Crippen molar-refractivity contribution in [2.45, 2.75) is 32.2 Å². The van der Waals surface area contributed by atoms with E-state index in [1.165, 1.54) is 19.3 Å². The fourth-order valence-electron chi connectivity index (χ4n) is 3.27. The third kappa shape index (κ3) is 3.69. The van der Waals surface area contributed by atoms with Crippen LogP contribution in [-0.4, -0.2) is 37.3 Å². The molecule has 0 N–H and O–H groups in total. The van der Waals surface area contributed by atoms with Gasteiger partial charge in [0.1, 0.15) is 0 Å². The largest absolute Gasteiger partial charge is 0.338 e. The third-order valence-corrected chi connectivity index (χ3v) is 6.58. The first-order chi connectivity index (χ1) is 10.5. The van der Waals surface area contributed by atoms with E-state index in [1.54, 1.807) is 0 Å². The molecule has 1 aliphatic carbocycles. The van der Waals surface area contributed by atoms with Crippen LogP contribution < -0.4 is 0 Å². The smallest absolute Gasteiger partial charge is 0.227 e. The van der Waals surface area contributed by atoms with Crippen LogP contribution in [0.15, 0.2) is 30.3 Å². The van der Waals surface area contributed by atoms with E-state index in [9.17, 15) is 13.2 Å². The number of hydrogen-bond donors (Lipinski definition) is 0. The minimum atomic E-state index is -3.01. The highest BCUT2D eigenvalue weighted by molar-refractivity contribution is 7.91. The molecule has 3 rings (SSSR count). The van der Waals surface area contributed by atoms with Crippen molar-refractivity contribution in [3.05, 3.63) is 35.9 Å². The van der Waals surface area contributed by atoms with Crippen molar-refractivity contribution in [3.8, 4) is 0 Å². The number of carbonyl (C=O) groups is 1. The molecule has 5 heteroatoms. The lowest BCUT2D eigenvalue weighted by molar-refractivity contribution is -0.136. The molecule has 0 bridgehead atoms.